The van der Waals surface area contributed by atoms with Crippen LogP contribution in [0.3, 0.4) is 0 Å². The van der Waals surface area contributed by atoms with E-state index in [1.807, 2.05) is 23.7 Å². The van der Waals surface area contributed by atoms with Crippen molar-refractivity contribution in [1.82, 2.24) is 20.2 Å². The topological polar surface area (TPSA) is 69.6 Å². The molecule has 1 aromatic heterocycles. The molecule has 7 heteroatoms. The molecule has 0 bridgehead atoms. The summed E-state index contributed by atoms with van der Waals surface area (Å²) in [5, 5.41) is 13.5. The largest absolute Gasteiger partial charge is 0.328 e. The van der Waals surface area contributed by atoms with Crippen LogP contribution in [0.15, 0.2) is 28.3 Å². The minimum Gasteiger partial charge on any atom is -0.328 e. The van der Waals surface area contributed by atoms with Crippen molar-refractivity contribution in [3.63, 3.8) is 0 Å². The van der Waals surface area contributed by atoms with Crippen LogP contribution >= 0.6 is 23.4 Å². The lowest BCUT2D eigenvalue weighted by Crippen LogP contribution is -2.18. The lowest BCUT2D eigenvalue weighted by Gasteiger charge is -2.12. The van der Waals surface area contributed by atoms with Crippen molar-refractivity contribution in [1.29, 1.82) is 0 Å². The second-order valence-corrected chi connectivity index (χ2v) is 6.53. The van der Waals surface area contributed by atoms with Gasteiger partial charge in [-0.1, -0.05) is 23.7 Å². The zero-order valence-electron chi connectivity index (χ0n) is 11.2. The Hall–Kier alpha value is -1.11. The van der Waals surface area contributed by atoms with Crippen molar-refractivity contribution in [3.8, 4) is 0 Å². The molecule has 1 aliphatic rings. The molecule has 1 fully saturated rings. The number of aromatic nitrogens is 4. The molecule has 106 valence electrons. The molecule has 0 radical (unpaired) electrons. The number of nitrogens with two attached hydrogens (primary N) is 1. The summed E-state index contributed by atoms with van der Waals surface area (Å²) in [5.74, 6) is 0. The fourth-order valence-corrected chi connectivity index (χ4v) is 3.36. The predicted molar refractivity (Wildman–Crippen MR) is 79.0 cm³/mol. The normalized spacial score (nSPS) is 16.4. The van der Waals surface area contributed by atoms with Gasteiger partial charge in [0.05, 0.1) is 11.1 Å². The Balaban J connectivity index is 1.91. The van der Waals surface area contributed by atoms with Crippen molar-refractivity contribution >= 4 is 23.4 Å². The van der Waals surface area contributed by atoms with Gasteiger partial charge in [-0.25, -0.2) is 4.68 Å². The standard InChI is InChI=1S/C13H16ClN5S/c1-8(15)7-9-3-2-4-11(14)12(9)20-13-16-17-18-19(13)10-5-6-10/h2-4,8,10H,5-7,15H2,1H3. The van der Waals surface area contributed by atoms with Gasteiger partial charge in [0.2, 0.25) is 5.16 Å². The van der Waals surface area contributed by atoms with E-state index in [0.717, 1.165) is 39.9 Å². The molecule has 2 aromatic rings. The molecule has 0 amide bonds. The molecule has 0 saturated heterocycles. The summed E-state index contributed by atoms with van der Waals surface area (Å²) in [6.45, 7) is 1.99. The number of benzene rings is 1. The minimum absolute atomic E-state index is 0.0900. The second kappa shape index (κ2) is 5.71. The lowest BCUT2D eigenvalue weighted by atomic mass is 10.1. The second-order valence-electron chi connectivity index (χ2n) is 5.15. The average Bonchev–Trinajstić information content (AvgIpc) is 3.13. The number of hydrogen-bond donors (Lipinski definition) is 1. The smallest absolute Gasteiger partial charge is 0.214 e. The van der Waals surface area contributed by atoms with Gasteiger partial charge in [0.25, 0.3) is 0 Å². The van der Waals surface area contributed by atoms with Gasteiger partial charge in [-0.3, -0.25) is 0 Å². The summed E-state index contributed by atoms with van der Waals surface area (Å²) >= 11 is 7.86. The Morgan fingerprint density at radius 1 is 1.50 bits per heavy atom. The highest BCUT2D eigenvalue weighted by molar-refractivity contribution is 7.99. The first kappa shape index (κ1) is 13.9. The molecular formula is C13H16ClN5S. The van der Waals surface area contributed by atoms with Gasteiger partial charge in [-0.15, -0.1) is 5.10 Å². The van der Waals surface area contributed by atoms with Crippen molar-refractivity contribution in [2.75, 3.05) is 0 Å². The van der Waals surface area contributed by atoms with E-state index < -0.39 is 0 Å². The highest BCUT2D eigenvalue weighted by Gasteiger charge is 2.28. The number of hydrogen-bond acceptors (Lipinski definition) is 5. The molecule has 5 nitrogen and oxygen atoms in total. The van der Waals surface area contributed by atoms with Crippen molar-refractivity contribution in [2.24, 2.45) is 5.73 Å². The number of tetrazole rings is 1. The first-order valence-corrected chi connectivity index (χ1v) is 7.83. The number of halogens is 1. The Bertz CT molecular complexity index is 609. The van der Waals surface area contributed by atoms with Gasteiger partial charge >= 0.3 is 0 Å². The monoisotopic (exact) mass is 309 g/mol. The van der Waals surface area contributed by atoms with Crippen LogP contribution in [0.4, 0.5) is 0 Å². The van der Waals surface area contributed by atoms with Crippen molar-refractivity contribution in [3.05, 3.63) is 28.8 Å². The zero-order valence-corrected chi connectivity index (χ0v) is 12.7. The maximum absolute atomic E-state index is 6.34. The molecule has 1 atom stereocenters. The zero-order chi connectivity index (χ0) is 14.1. The van der Waals surface area contributed by atoms with E-state index in [1.54, 1.807) is 0 Å². The molecule has 20 heavy (non-hydrogen) atoms. The van der Waals surface area contributed by atoms with Crippen LogP contribution in [0.5, 0.6) is 0 Å². The Labute approximate surface area is 126 Å². The first-order chi connectivity index (χ1) is 9.65. The number of nitrogens with zero attached hydrogens (tertiary/aromatic N) is 4. The summed E-state index contributed by atoms with van der Waals surface area (Å²) in [7, 11) is 0. The minimum atomic E-state index is 0.0900. The van der Waals surface area contributed by atoms with Crippen LogP contribution < -0.4 is 5.73 Å². The predicted octanol–water partition coefficient (Wildman–Crippen LogP) is 2.70. The molecule has 1 aliphatic carbocycles. The molecule has 1 saturated carbocycles. The van der Waals surface area contributed by atoms with Gasteiger partial charge in [0.1, 0.15) is 0 Å². The number of rotatable bonds is 5. The maximum Gasteiger partial charge on any atom is 0.214 e. The summed E-state index contributed by atoms with van der Waals surface area (Å²) in [4.78, 5) is 1.00. The SMILES string of the molecule is CC(N)Cc1cccc(Cl)c1Sc1nnnn1C1CC1. The quantitative estimate of drug-likeness (QED) is 0.919. The van der Waals surface area contributed by atoms with Gasteiger partial charge < -0.3 is 5.73 Å². The van der Waals surface area contributed by atoms with E-state index >= 15 is 0 Å². The van der Waals surface area contributed by atoms with Gasteiger partial charge in [0.15, 0.2) is 0 Å². The fraction of sp³-hybridized carbons (Fsp3) is 0.462. The van der Waals surface area contributed by atoms with E-state index in [-0.39, 0.29) is 6.04 Å². The van der Waals surface area contributed by atoms with Crippen molar-refractivity contribution in [2.45, 2.75) is 48.3 Å². The Kier molecular flexibility index (Phi) is 3.96. The molecule has 2 N–H and O–H groups in total. The molecule has 3 rings (SSSR count). The molecular weight excluding hydrogens is 294 g/mol. The van der Waals surface area contributed by atoms with Crippen LogP contribution in [0.1, 0.15) is 31.4 Å². The van der Waals surface area contributed by atoms with E-state index in [0.29, 0.717) is 6.04 Å². The lowest BCUT2D eigenvalue weighted by molar-refractivity contribution is 0.565. The van der Waals surface area contributed by atoms with E-state index in [9.17, 15) is 0 Å². The van der Waals surface area contributed by atoms with Gasteiger partial charge in [-0.05, 0) is 60.0 Å². The molecule has 1 heterocycles. The molecule has 1 unspecified atom stereocenters. The summed E-state index contributed by atoms with van der Waals surface area (Å²) in [6, 6.07) is 6.44. The van der Waals surface area contributed by atoms with Crippen LogP contribution in [-0.4, -0.2) is 26.2 Å². The van der Waals surface area contributed by atoms with E-state index in [4.69, 9.17) is 17.3 Å². The van der Waals surface area contributed by atoms with Crippen molar-refractivity contribution < 1.29 is 0 Å². The molecule has 0 aliphatic heterocycles. The average molecular weight is 310 g/mol. The van der Waals surface area contributed by atoms with Gasteiger partial charge in [0, 0.05) is 10.9 Å². The summed E-state index contributed by atoms with van der Waals surface area (Å²) < 4.78 is 1.89. The highest BCUT2D eigenvalue weighted by atomic mass is 35.5. The fourth-order valence-electron chi connectivity index (χ4n) is 2.07. The van der Waals surface area contributed by atoms with Crippen LogP contribution in [0.25, 0.3) is 0 Å². The molecule has 1 aromatic carbocycles. The third-order valence-corrected chi connectivity index (χ3v) is 4.70. The Morgan fingerprint density at radius 2 is 2.30 bits per heavy atom. The molecule has 0 spiro atoms. The third kappa shape index (κ3) is 2.97. The van der Waals surface area contributed by atoms with Crippen LogP contribution in [0.2, 0.25) is 5.02 Å². The third-order valence-electron chi connectivity index (χ3n) is 3.14. The highest BCUT2D eigenvalue weighted by Crippen LogP contribution is 2.40. The van der Waals surface area contributed by atoms with Crippen LogP contribution in [0, 0.1) is 0 Å². The summed E-state index contributed by atoms with van der Waals surface area (Å²) in [6.07, 6.45) is 3.08. The van der Waals surface area contributed by atoms with Gasteiger partial charge in [-0.2, -0.15) is 0 Å². The Morgan fingerprint density at radius 3 is 3.00 bits per heavy atom. The summed E-state index contributed by atoms with van der Waals surface area (Å²) in [5.41, 5.74) is 7.05. The van der Waals surface area contributed by atoms with Crippen LogP contribution in [-0.2, 0) is 6.42 Å². The van der Waals surface area contributed by atoms with E-state index in [2.05, 4.69) is 21.6 Å². The van der Waals surface area contributed by atoms with E-state index in [1.165, 1.54) is 11.8 Å². The first-order valence-electron chi connectivity index (χ1n) is 6.64. The maximum atomic E-state index is 6.34.